The van der Waals surface area contributed by atoms with Gasteiger partial charge in [0.15, 0.2) is 11.6 Å². The highest BCUT2D eigenvalue weighted by Gasteiger charge is 2.12. The van der Waals surface area contributed by atoms with Crippen LogP contribution in [0.15, 0.2) is 18.5 Å². The zero-order chi connectivity index (χ0) is 9.84. The van der Waals surface area contributed by atoms with Gasteiger partial charge in [0.1, 0.15) is 5.78 Å². The van der Waals surface area contributed by atoms with E-state index in [1.54, 1.807) is 0 Å². The van der Waals surface area contributed by atoms with E-state index in [0.717, 1.165) is 6.20 Å². The summed E-state index contributed by atoms with van der Waals surface area (Å²) in [5.41, 5.74) is -0.0785. The van der Waals surface area contributed by atoms with Crippen molar-refractivity contribution in [2.45, 2.75) is 13.3 Å². The number of nitrogens with zero attached hydrogens (tertiary/aromatic N) is 1. The van der Waals surface area contributed by atoms with E-state index < -0.39 is 11.6 Å². The summed E-state index contributed by atoms with van der Waals surface area (Å²) in [6.45, 7) is 1.29. The van der Waals surface area contributed by atoms with Gasteiger partial charge < -0.3 is 0 Å². The van der Waals surface area contributed by atoms with Crippen LogP contribution in [0.3, 0.4) is 0 Å². The summed E-state index contributed by atoms with van der Waals surface area (Å²) in [4.78, 5) is 25.3. The number of carbonyl (C=O) groups is 2. The molecule has 0 radical (unpaired) electrons. The van der Waals surface area contributed by atoms with Crippen LogP contribution in [0, 0.1) is 5.82 Å². The maximum atomic E-state index is 12.9. The van der Waals surface area contributed by atoms with Crippen LogP contribution in [-0.4, -0.2) is 16.6 Å². The first-order valence-electron chi connectivity index (χ1n) is 3.73. The van der Waals surface area contributed by atoms with E-state index in [1.807, 2.05) is 0 Å². The standard InChI is InChI=1S/C9H8FNO2/c1-6(12)4-9(13)7-2-3-11-5-8(7)10/h2-3,5H,4H2,1H3. The molecule has 1 heterocycles. The molecule has 0 fully saturated rings. The molecule has 1 aromatic rings. The molecular weight excluding hydrogens is 173 g/mol. The molecule has 0 N–H and O–H groups in total. The predicted octanol–water partition coefficient (Wildman–Crippen LogP) is 1.38. The third-order valence-corrected chi connectivity index (χ3v) is 1.48. The first kappa shape index (κ1) is 9.51. The quantitative estimate of drug-likeness (QED) is 0.522. The second-order valence-corrected chi connectivity index (χ2v) is 2.66. The Morgan fingerprint density at radius 1 is 1.54 bits per heavy atom. The van der Waals surface area contributed by atoms with Crippen molar-refractivity contribution < 1.29 is 14.0 Å². The third kappa shape index (κ3) is 2.43. The molecule has 0 aliphatic rings. The predicted molar refractivity (Wildman–Crippen MR) is 43.8 cm³/mol. The Kier molecular flexibility index (Phi) is 2.84. The molecule has 13 heavy (non-hydrogen) atoms. The Balaban J connectivity index is 2.89. The average Bonchev–Trinajstić information content (AvgIpc) is 2.03. The molecule has 0 aliphatic carbocycles. The summed E-state index contributed by atoms with van der Waals surface area (Å²) >= 11 is 0. The molecule has 0 unspecified atom stereocenters. The molecule has 4 heteroatoms. The van der Waals surface area contributed by atoms with E-state index in [9.17, 15) is 14.0 Å². The minimum Gasteiger partial charge on any atom is -0.300 e. The van der Waals surface area contributed by atoms with Crippen molar-refractivity contribution in [3.8, 4) is 0 Å². The first-order chi connectivity index (χ1) is 6.11. The van der Waals surface area contributed by atoms with Crippen LogP contribution in [0.1, 0.15) is 23.7 Å². The van der Waals surface area contributed by atoms with E-state index >= 15 is 0 Å². The molecule has 0 atom stereocenters. The Labute approximate surface area is 74.6 Å². The molecule has 0 aromatic carbocycles. The van der Waals surface area contributed by atoms with Gasteiger partial charge in [-0.3, -0.25) is 14.6 Å². The normalized spacial score (nSPS) is 9.69. The van der Waals surface area contributed by atoms with Crippen LogP contribution in [0.25, 0.3) is 0 Å². The maximum absolute atomic E-state index is 12.9. The zero-order valence-corrected chi connectivity index (χ0v) is 7.08. The third-order valence-electron chi connectivity index (χ3n) is 1.48. The highest BCUT2D eigenvalue weighted by atomic mass is 19.1. The highest BCUT2D eigenvalue weighted by molar-refractivity contribution is 6.07. The number of hydrogen-bond acceptors (Lipinski definition) is 3. The van der Waals surface area contributed by atoms with Crippen LogP contribution < -0.4 is 0 Å². The number of Topliss-reactive ketones (excluding diaryl/α,β-unsaturated/α-hetero) is 2. The second-order valence-electron chi connectivity index (χ2n) is 2.66. The smallest absolute Gasteiger partial charge is 0.173 e. The van der Waals surface area contributed by atoms with Crippen molar-refractivity contribution >= 4 is 11.6 Å². The Hall–Kier alpha value is -1.58. The highest BCUT2D eigenvalue weighted by Crippen LogP contribution is 2.07. The SMILES string of the molecule is CC(=O)CC(=O)c1ccncc1F. The maximum Gasteiger partial charge on any atom is 0.173 e. The fourth-order valence-corrected chi connectivity index (χ4v) is 0.923. The van der Waals surface area contributed by atoms with Crippen molar-refractivity contribution in [2.24, 2.45) is 0 Å². The van der Waals surface area contributed by atoms with Gasteiger partial charge >= 0.3 is 0 Å². The second kappa shape index (κ2) is 3.89. The molecule has 0 amide bonds. The van der Waals surface area contributed by atoms with Crippen LogP contribution in [0.4, 0.5) is 4.39 Å². The monoisotopic (exact) mass is 181 g/mol. The van der Waals surface area contributed by atoms with Crippen molar-refractivity contribution in [1.29, 1.82) is 0 Å². The van der Waals surface area contributed by atoms with Crippen LogP contribution in [0.2, 0.25) is 0 Å². The molecule has 3 nitrogen and oxygen atoms in total. The van der Waals surface area contributed by atoms with E-state index in [0.29, 0.717) is 0 Å². The van der Waals surface area contributed by atoms with Crippen molar-refractivity contribution in [3.63, 3.8) is 0 Å². The number of ketones is 2. The zero-order valence-electron chi connectivity index (χ0n) is 7.08. The van der Waals surface area contributed by atoms with Gasteiger partial charge in [0.2, 0.25) is 0 Å². The van der Waals surface area contributed by atoms with E-state index in [1.165, 1.54) is 19.2 Å². The van der Waals surface area contributed by atoms with E-state index in [2.05, 4.69) is 4.98 Å². The largest absolute Gasteiger partial charge is 0.300 e. The topological polar surface area (TPSA) is 47.0 Å². The van der Waals surface area contributed by atoms with Crippen LogP contribution in [0.5, 0.6) is 0 Å². The summed E-state index contributed by atoms with van der Waals surface area (Å²) in [5, 5.41) is 0. The van der Waals surface area contributed by atoms with E-state index in [4.69, 9.17) is 0 Å². The first-order valence-corrected chi connectivity index (χ1v) is 3.73. The fraction of sp³-hybridized carbons (Fsp3) is 0.222. The van der Waals surface area contributed by atoms with Gasteiger partial charge in [0.25, 0.3) is 0 Å². The lowest BCUT2D eigenvalue weighted by Crippen LogP contribution is -2.07. The average molecular weight is 181 g/mol. The minimum atomic E-state index is -0.686. The fourth-order valence-electron chi connectivity index (χ4n) is 0.923. The summed E-state index contributed by atoms with van der Waals surface area (Å²) in [6.07, 6.45) is 2.00. The molecular formula is C9H8FNO2. The number of aromatic nitrogens is 1. The van der Waals surface area contributed by atoms with Crippen molar-refractivity contribution in [2.75, 3.05) is 0 Å². The van der Waals surface area contributed by atoms with Crippen molar-refractivity contribution in [1.82, 2.24) is 4.98 Å². The molecule has 1 rings (SSSR count). The molecule has 0 spiro atoms. The van der Waals surface area contributed by atoms with E-state index in [-0.39, 0.29) is 17.8 Å². The number of pyridine rings is 1. The molecule has 0 saturated heterocycles. The molecule has 1 aromatic heterocycles. The molecule has 68 valence electrons. The number of carbonyl (C=O) groups excluding carboxylic acids is 2. The summed E-state index contributed by atoms with van der Waals surface area (Å²) < 4.78 is 12.9. The summed E-state index contributed by atoms with van der Waals surface area (Å²) in [7, 11) is 0. The number of rotatable bonds is 3. The minimum absolute atomic E-state index is 0.0785. The lowest BCUT2D eigenvalue weighted by Gasteiger charge is -1.98. The number of halogens is 1. The van der Waals surface area contributed by atoms with Crippen molar-refractivity contribution in [3.05, 3.63) is 29.8 Å². The van der Waals surface area contributed by atoms with Gasteiger partial charge in [-0.2, -0.15) is 0 Å². The van der Waals surface area contributed by atoms with Gasteiger partial charge in [-0.1, -0.05) is 0 Å². The Morgan fingerprint density at radius 2 is 2.23 bits per heavy atom. The summed E-state index contributed by atoms with van der Waals surface area (Å²) in [6, 6.07) is 1.26. The lowest BCUT2D eigenvalue weighted by molar-refractivity contribution is -0.116. The lowest BCUT2D eigenvalue weighted by atomic mass is 10.1. The molecule has 0 saturated carbocycles. The number of hydrogen-bond donors (Lipinski definition) is 0. The van der Waals surface area contributed by atoms with Gasteiger partial charge in [0.05, 0.1) is 18.2 Å². The van der Waals surface area contributed by atoms with Gasteiger partial charge in [-0.05, 0) is 13.0 Å². The van der Waals surface area contributed by atoms with Crippen LogP contribution in [-0.2, 0) is 4.79 Å². The van der Waals surface area contributed by atoms with Gasteiger partial charge in [-0.15, -0.1) is 0 Å². The Morgan fingerprint density at radius 3 is 2.77 bits per heavy atom. The Bertz CT molecular complexity index is 349. The molecule has 0 bridgehead atoms. The van der Waals surface area contributed by atoms with Gasteiger partial charge in [0, 0.05) is 6.20 Å². The summed E-state index contributed by atoms with van der Waals surface area (Å²) in [5.74, 6) is -1.47. The molecule has 0 aliphatic heterocycles. The van der Waals surface area contributed by atoms with Gasteiger partial charge in [-0.25, -0.2) is 4.39 Å². The van der Waals surface area contributed by atoms with Crippen LogP contribution >= 0.6 is 0 Å².